The topological polar surface area (TPSA) is 40.7 Å². The van der Waals surface area contributed by atoms with E-state index in [2.05, 4.69) is 15.3 Å². The second-order valence-electron chi connectivity index (χ2n) is 2.89. The van der Waals surface area contributed by atoms with E-state index in [-0.39, 0.29) is 0 Å². The molecule has 0 aliphatic carbocycles. The zero-order valence-electron chi connectivity index (χ0n) is 7.50. The smallest absolute Gasteiger partial charge is 0.131 e. The standard InChI is InChI=1S/C10H10ClN3/c11-9-4-1-5-10(14-9)13-7-8-3-2-6-12-8/h1-6,12H,7H2,(H,13,14). The fourth-order valence-electron chi connectivity index (χ4n) is 1.17. The average molecular weight is 208 g/mol. The van der Waals surface area contributed by atoms with Crippen molar-refractivity contribution in [3.63, 3.8) is 0 Å². The number of pyridine rings is 1. The maximum atomic E-state index is 5.75. The van der Waals surface area contributed by atoms with Crippen LogP contribution in [0.2, 0.25) is 5.15 Å². The molecule has 0 bridgehead atoms. The van der Waals surface area contributed by atoms with E-state index in [1.807, 2.05) is 30.5 Å². The van der Waals surface area contributed by atoms with Crippen molar-refractivity contribution < 1.29 is 0 Å². The van der Waals surface area contributed by atoms with Crippen LogP contribution in [0.15, 0.2) is 36.5 Å². The van der Waals surface area contributed by atoms with Gasteiger partial charge in [0.1, 0.15) is 11.0 Å². The third-order valence-electron chi connectivity index (χ3n) is 1.84. The number of nitrogens with one attached hydrogen (secondary N) is 2. The molecule has 2 N–H and O–H groups in total. The molecular weight excluding hydrogens is 198 g/mol. The highest BCUT2D eigenvalue weighted by Crippen LogP contribution is 2.09. The summed E-state index contributed by atoms with van der Waals surface area (Å²) in [4.78, 5) is 7.21. The predicted molar refractivity (Wildman–Crippen MR) is 57.4 cm³/mol. The zero-order chi connectivity index (χ0) is 9.80. The van der Waals surface area contributed by atoms with Crippen molar-refractivity contribution in [1.29, 1.82) is 0 Å². The monoisotopic (exact) mass is 207 g/mol. The summed E-state index contributed by atoms with van der Waals surface area (Å²) in [6.45, 7) is 0.723. The number of aromatic amines is 1. The molecule has 0 saturated heterocycles. The number of aromatic nitrogens is 2. The summed E-state index contributed by atoms with van der Waals surface area (Å²) in [6, 6.07) is 9.47. The number of rotatable bonds is 3. The normalized spacial score (nSPS) is 10.1. The third kappa shape index (κ3) is 2.26. The summed E-state index contributed by atoms with van der Waals surface area (Å²) < 4.78 is 0. The Morgan fingerprint density at radius 1 is 1.29 bits per heavy atom. The van der Waals surface area contributed by atoms with Gasteiger partial charge in [-0.25, -0.2) is 4.98 Å². The Bertz CT molecular complexity index is 398. The molecule has 0 fully saturated rings. The fourth-order valence-corrected chi connectivity index (χ4v) is 1.33. The van der Waals surface area contributed by atoms with E-state index in [1.54, 1.807) is 6.07 Å². The van der Waals surface area contributed by atoms with Gasteiger partial charge in [0, 0.05) is 11.9 Å². The van der Waals surface area contributed by atoms with Crippen LogP contribution in [0, 0.1) is 0 Å². The average Bonchev–Trinajstić information content (AvgIpc) is 2.67. The van der Waals surface area contributed by atoms with Gasteiger partial charge >= 0.3 is 0 Å². The first-order valence-electron chi connectivity index (χ1n) is 4.33. The van der Waals surface area contributed by atoms with E-state index >= 15 is 0 Å². The van der Waals surface area contributed by atoms with E-state index in [1.165, 1.54) is 0 Å². The van der Waals surface area contributed by atoms with Crippen molar-refractivity contribution in [2.45, 2.75) is 6.54 Å². The van der Waals surface area contributed by atoms with Crippen molar-refractivity contribution in [2.24, 2.45) is 0 Å². The molecule has 0 amide bonds. The lowest BCUT2D eigenvalue weighted by Gasteiger charge is -2.03. The first kappa shape index (κ1) is 9.09. The Hall–Kier alpha value is -1.48. The summed E-state index contributed by atoms with van der Waals surface area (Å²) in [5.74, 6) is 0.784. The fraction of sp³-hybridized carbons (Fsp3) is 0.100. The van der Waals surface area contributed by atoms with E-state index in [0.29, 0.717) is 5.15 Å². The molecule has 0 spiro atoms. The van der Waals surface area contributed by atoms with Crippen LogP contribution in [0.1, 0.15) is 5.69 Å². The number of nitrogens with zero attached hydrogens (tertiary/aromatic N) is 1. The molecule has 14 heavy (non-hydrogen) atoms. The van der Waals surface area contributed by atoms with E-state index in [4.69, 9.17) is 11.6 Å². The summed E-state index contributed by atoms with van der Waals surface area (Å²) >= 11 is 5.75. The van der Waals surface area contributed by atoms with Crippen LogP contribution in [0.4, 0.5) is 5.82 Å². The SMILES string of the molecule is Clc1cccc(NCc2ccc[nH]2)n1. The number of halogens is 1. The lowest BCUT2D eigenvalue weighted by atomic mass is 10.4. The van der Waals surface area contributed by atoms with E-state index in [0.717, 1.165) is 18.1 Å². The zero-order valence-corrected chi connectivity index (χ0v) is 8.25. The maximum absolute atomic E-state index is 5.75. The minimum absolute atomic E-state index is 0.501. The third-order valence-corrected chi connectivity index (χ3v) is 2.05. The molecule has 2 rings (SSSR count). The Balaban J connectivity index is 1.98. The Morgan fingerprint density at radius 2 is 2.21 bits per heavy atom. The molecule has 0 aromatic carbocycles. The van der Waals surface area contributed by atoms with Crippen molar-refractivity contribution in [2.75, 3.05) is 5.32 Å². The van der Waals surface area contributed by atoms with Gasteiger partial charge in [0.2, 0.25) is 0 Å². The van der Waals surface area contributed by atoms with Crippen LogP contribution >= 0.6 is 11.6 Å². The molecule has 4 heteroatoms. The minimum atomic E-state index is 0.501. The number of hydrogen-bond acceptors (Lipinski definition) is 2. The van der Waals surface area contributed by atoms with Crippen LogP contribution in [0.25, 0.3) is 0 Å². The summed E-state index contributed by atoms with van der Waals surface area (Å²) in [6.07, 6.45) is 1.89. The summed E-state index contributed by atoms with van der Waals surface area (Å²) in [7, 11) is 0. The number of H-pyrrole nitrogens is 1. The van der Waals surface area contributed by atoms with Crippen LogP contribution in [0.3, 0.4) is 0 Å². The Morgan fingerprint density at radius 3 is 2.93 bits per heavy atom. The molecule has 0 atom stereocenters. The first-order chi connectivity index (χ1) is 6.84. The van der Waals surface area contributed by atoms with Gasteiger partial charge in [-0.1, -0.05) is 17.7 Å². The van der Waals surface area contributed by atoms with Gasteiger partial charge < -0.3 is 10.3 Å². The van der Waals surface area contributed by atoms with Gasteiger partial charge in [-0.05, 0) is 24.3 Å². The first-order valence-corrected chi connectivity index (χ1v) is 4.71. The van der Waals surface area contributed by atoms with Gasteiger partial charge in [-0.15, -0.1) is 0 Å². The van der Waals surface area contributed by atoms with Gasteiger partial charge in [0.15, 0.2) is 0 Å². The quantitative estimate of drug-likeness (QED) is 0.760. The van der Waals surface area contributed by atoms with E-state index < -0.39 is 0 Å². The van der Waals surface area contributed by atoms with Crippen molar-refractivity contribution in [3.8, 4) is 0 Å². The molecule has 2 heterocycles. The van der Waals surface area contributed by atoms with Gasteiger partial charge in [-0.2, -0.15) is 0 Å². The second-order valence-corrected chi connectivity index (χ2v) is 3.28. The highest BCUT2D eigenvalue weighted by Gasteiger charge is 1.95. The van der Waals surface area contributed by atoms with Gasteiger partial charge in [-0.3, -0.25) is 0 Å². The Kier molecular flexibility index (Phi) is 2.70. The molecule has 72 valence electrons. The van der Waals surface area contributed by atoms with Gasteiger partial charge in [0.25, 0.3) is 0 Å². The molecular formula is C10H10ClN3. The highest BCUT2D eigenvalue weighted by atomic mass is 35.5. The highest BCUT2D eigenvalue weighted by molar-refractivity contribution is 6.29. The van der Waals surface area contributed by atoms with E-state index in [9.17, 15) is 0 Å². The molecule has 0 radical (unpaired) electrons. The Labute approximate surface area is 87.1 Å². The van der Waals surface area contributed by atoms with Crippen LogP contribution in [-0.4, -0.2) is 9.97 Å². The van der Waals surface area contributed by atoms with Crippen molar-refractivity contribution in [3.05, 3.63) is 47.4 Å². The summed E-state index contributed by atoms with van der Waals surface area (Å²) in [5, 5.41) is 3.66. The molecule has 0 aliphatic rings. The summed E-state index contributed by atoms with van der Waals surface area (Å²) in [5.41, 5.74) is 1.12. The number of anilines is 1. The molecule has 2 aromatic heterocycles. The predicted octanol–water partition coefficient (Wildman–Crippen LogP) is 2.68. The minimum Gasteiger partial charge on any atom is -0.364 e. The van der Waals surface area contributed by atoms with Crippen LogP contribution in [-0.2, 0) is 6.54 Å². The molecule has 0 unspecified atom stereocenters. The lowest BCUT2D eigenvalue weighted by molar-refractivity contribution is 1.05. The van der Waals surface area contributed by atoms with Crippen LogP contribution in [0.5, 0.6) is 0 Å². The second kappa shape index (κ2) is 4.15. The molecule has 0 aliphatic heterocycles. The molecule has 0 saturated carbocycles. The molecule has 2 aromatic rings. The van der Waals surface area contributed by atoms with Gasteiger partial charge in [0.05, 0.1) is 6.54 Å². The maximum Gasteiger partial charge on any atom is 0.131 e. The van der Waals surface area contributed by atoms with Crippen molar-refractivity contribution >= 4 is 17.4 Å². The van der Waals surface area contributed by atoms with Crippen LogP contribution < -0.4 is 5.32 Å². The van der Waals surface area contributed by atoms with Crippen molar-refractivity contribution in [1.82, 2.24) is 9.97 Å². The lowest BCUT2D eigenvalue weighted by Crippen LogP contribution is -2.01. The number of hydrogen-bond donors (Lipinski definition) is 2. The molecule has 3 nitrogen and oxygen atoms in total. The largest absolute Gasteiger partial charge is 0.364 e.